The number of ketones is 3. The normalized spacial score (nSPS) is 28.5. The molecule has 1 aliphatic carbocycles. The van der Waals surface area contributed by atoms with Crippen molar-refractivity contribution < 1.29 is 14.4 Å². The number of hydrogen-bond acceptors (Lipinski definition) is 6. The molecule has 2 saturated heterocycles. The molecule has 0 saturated carbocycles. The first-order valence-electron chi connectivity index (χ1n) is 11.6. The number of rotatable bonds is 1. The Balaban J connectivity index is 1.58. The molecule has 3 heterocycles. The Hall–Kier alpha value is -2.19. The predicted octanol–water partition coefficient (Wildman–Crippen LogP) is 5.71. The minimum atomic E-state index is -1.54. The number of nitrogens with zero attached hydrogens (tertiary/aromatic N) is 1. The van der Waals surface area contributed by atoms with Crippen molar-refractivity contribution in [1.29, 1.82) is 0 Å². The van der Waals surface area contributed by atoms with Crippen LogP contribution in [0.3, 0.4) is 0 Å². The largest absolute Gasteiger partial charge is 0.293 e. The van der Waals surface area contributed by atoms with Crippen LogP contribution in [-0.4, -0.2) is 51.2 Å². The number of carbonyl (C=O) groups is 3. The quantitative estimate of drug-likeness (QED) is 0.354. The number of fused-ring (bicyclic) bond motifs is 5. The Bertz CT molecular complexity index is 1420. The van der Waals surface area contributed by atoms with E-state index in [0.717, 1.165) is 20.7 Å². The fourth-order valence-corrected chi connectivity index (χ4v) is 10.1. The smallest absolute Gasteiger partial charge is 0.192 e. The molecule has 3 aromatic rings. The molecule has 4 aliphatic rings. The standard InChI is InChI=1S/C28H20BrNO3S2/c29-20-11-5-3-9-18(20)23-21-13-34-15-30(21)28(25(32)16-7-1-2-8-17(16)26(28)33)27(23)14-35-22-12-6-4-10-19(22)24(27)31/h1-12,21,23H,13-15H2/t21-,23-,27-/m1/s1. The van der Waals surface area contributed by atoms with E-state index in [1.54, 1.807) is 47.8 Å². The average molecular weight is 563 g/mol. The molecule has 7 heteroatoms. The van der Waals surface area contributed by atoms with E-state index in [4.69, 9.17) is 0 Å². The van der Waals surface area contributed by atoms with Crippen LogP contribution < -0.4 is 0 Å². The van der Waals surface area contributed by atoms with Gasteiger partial charge in [-0.15, -0.1) is 23.5 Å². The van der Waals surface area contributed by atoms with Gasteiger partial charge in [-0.25, -0.2) is 0 Å². The zero-order valence-corrected chi connectivity index (χ0v) is 21.8. The van der Waals surface area contributed by atoms with Gasteiger partial charge in [-0.2, -0.15) is 0 Å². The molecule has 0 bridgehead atoms. The van der Waals surface area contributed by atoms with E-state index in [9.17, 15) is 14.4 Å². The zero-order chi connectivity index (χ0) is 23.9. The van der Waals surface area contributed by atoms with Crippen LogP contribution in [0.2, 0.25) is 0 Å². The summed E-state index contributed by atoms with van der Waals surface area (Å²) in [6.07, 6.45) is 0. The summed E-state index contributed by atoms with van der Waals surface area (Å²) in [4.78, 5) is 46.9. The highest BCUT2D eigenvalue weighted by Crippen LogP contribution is 2.67. The van der Waals surface area contributed by atoms with Crippen molar-refractivity contribution in [1.82, 2.24) is 4.90 Å². The van der Waals surface area contributed by atoms with Gasteiger partial charge in [-0.05, 0) is 17.7 Å². The van der Waals surface area contributed by atoms with E-state index in [1.807, 2.05) is 48.5 Å². The van der Waals surface area contributed by atoms with Crippen LogP contribution in [0.5, 0.6) is 0 Å². The van der Waals surface area contributed by atoms with Gasteiger partial charge in [0.1, 0.15) is 0 Å². The van der Waals surface area contributed by atoms with Gasteiger partial charge in [-0.3, -0.25) is 19.3 Å². The molecule has 0 unspecified atom stereocenters. The number of carbonyl (C=O) groups excluding carboxylic acids is 3. The van der Waals surface area contributed by atoms with E-state index in [1.165, 1.54) is 0 Å². The fourth-order valence-electron chi connectivity index (χ4n) is 6.90. The van der Waals surface area contributed by atoms with E-state index < -0.39 is 11.0 Å². The molecule has 4 nitrogen and oxygen atoms in total. The Kier molecular flexibility index (Phi) is 4.82. The summed E-state index contributed by atoms with van der Waals surface area (Å²) in [5.74, 6) is 0.898. The Morgan fingerprint density at radius 2 is 1.43 bits per heavy atom. The van der Waals surface area contributed by atoms with Crippen molar-refractivity contribution in [3.8, 4) is 0 Å². The van der Waals surface area contributed by atoms with Gasteiger partial charge in [-0.1, -0.05) is 76.6 Å². The monoisotopic (exact) mass is 561 g/mol. The van der Waals surface area contributed by atoms with Crippen molar-refractivity contribution in [2.24, 2.45) is 5.41 Å². The predicted molar refractivity (Wildman–Crippen MR) is 142 cm³/mol. The Morgan fingerprint density at radius 1 is 0.800 bits per heavy atom. The summed E-state index contributed by atoms with van der Waals surface area (Å²) in [5, 5.41) is 0. The van der Waals surface area contributed by atoms with Crippen molar-refractivity contribution in [3.63, 3.8) is 0 Å². The molecule has 7 rings (SSSR count). The van der Waals surface area contributed by atoms with Gasteiger partial charge in [0.2, 0.25) is 0 Å². The lowest BCUT2D eigenvalue weighted by Gasteiger charge is -2.47. The van der Waals surface area contributed by atoms with E-state index >= 15 is 0 Å². The Labute approximate surface area is 220 Å². The van der Waals surface area contributed by atoms with E-state index in [2.05, 4.69) is 20.8 Å². The number of halogens is 1. The molecule has 3 atom stereocenters. The zero-order valence-electron chi connectivity index (χ0n) is 18.6. The lowest BCUT2D eigenvalue weighted by atomic mass is 9.58. The molecule has 0 radical (unpaired) electrons. The number of benzene rings is 3. The second kappa shape index (κ2) is 7.65. The lowest BCUT2D eigenvalue weighted by Crippen LogP contribution is -2.66. The molecule has 174 valence electrons. The van der Waals surface area contributed by atoms with Crippen LogP contribution in [-0.2, 0) is 0 Å². The van der Waals surface area contributed by atoms with Crippen LogP contribution in [0, 0.1) is 5.41 Å². The second-order valence-electron chi connectivity index (χ2n) is 9.54. The molecule has 3 aromatic carbocycles. The minimum absolute atomic E-state index is 0.0819. The molecular weight excluding hydrogens is 542 g/mol. The van der Waals surface area contributed by atoms with Crippen LogP contribution in [0.1, 0.15) is 42.6 Å². The molecule has 2 fully saturated rings. The SMILES string of the molecule is O=C1c2ccccc2C(=O)C12N1CSC[C@@H]1[C@@H](c1ccccc1Br)[C@@]21CSc2ccccc2C1=O. The second-order valence-corrected chi connectivity index (χ2v) is 12.4. The number of thioether (sulfide) groups is 2. The third kappa shape index (κ3) is 2.52. The molecule has 2 spiro atoms. The van der Waals surface area contributed by atoms with Crippen LogP contribution >= 0.6 is 39.5 Å². The molecule has 0 aromatic heterocycles. The summed E-state index contributed by atoms with van der Waals surface area (Å²) in [6, 6.07) is 22.6. The minimum Gasteiger partial charge on any atom is -0.293 e. The molecule has 35 heavy (non-hydrogen) atoms. The molecular formula is C28H20BrNO3S2. The summed E-state index contributed by atoms with van der Waals surface area (Å²) in [6.45, 7) is 0. The molecule has 3 aliphatic heterocycles. The van der Waals surface area contributed by atoms with Crippen LogP contribution in [0.15, 0.2) is 82.2 Å². The highest BCUT2D eigenvalue weighted by molar-refractivity contribution is 9.10. The van der Waals surface area contributed by atoms with Gasteiger partial charge in [0.05, 0.1) is 5.41 Å². The van der Waals surface area contributed by atoms with E-state index in [-0.39, 0.29) is 29.3 Å². The number of Topliss-reactive ketones (excluding diaryl/α,β-unsaturated/α-hetero) is 3. The van der Waals surface area contributed by atoms with Gasteiger partial charge in [0.15, 0.2) is 22.9 Å². The maximum Gasteiger partial charge on any atom is 0.192 e. The Morgan fingerprint density at radius 3 is 2.14 bits per heavy atom. The topological polar surface area (TPSA) is 54.5 Å². The van der Waals surface area contributed by atoms with Gasteiger partial charge in [0, 0.05) is 55.4 Å². The first-order chi connectivity index (χ1) is 17.0. The van der Waals surface area contributed by atoms with Crippen molar-refractivity contribution >= 4 is 56.8 Å². The summed E-state index contributed by atoms with van der Waals surface area (Å²) in [7, 11) is 0. The number of hydrogen-bond donors (Lipinski definition) is 0. The average Bonchev–Trinajstić information content (AvgIpc) is 3.51. The van der Waals surface area contributed by atoms with Gasteiger partial charge < -0.3 is 0 Å². The third-order valence-electron chi connectivity index (χ3n) is 8.22. The summed E-state index contributed by atoms with van der Waals surface area (Å²) < 4.78 is 0.908. The van der Waals surface area contributed by atoms with Gasteiger partial charge >= 0.3 is 0 Å². The third-order valence-corrected chi connectivity index (χ3v) is 11.2. The first kappa shape index (κ1) is 22.0. The highest BCUT2D eigenvalue weighted by atomic mass is 79.9. The maximum atomic E-state index is 14.8. The lowest BCUT2D eigenvalue weighted by molar-refractivity contribution is 0.0340. The highest BCUT2D eigenvalue weighted by Gasteiger charge is 2.80. The van der Waals surface area contributed by atoms with E-state index in [0.29, 0.717) is 28.3 Å². The van der Waals surface area contributed by atoms with Crippen molar-refractivity contribution in [2.45, 2.75) is 22.4 Å². The van der Waals surface area contributed by atoms with Gasteiger partial charge in [0.25, 0.3) is 0 Å². The molecule has 0 N–H and O–H groups in total. The first-order valence-corrected chi connectivity index (χ1v) is 14.5. The summed E-state index contributed by atoms with van der Waals surface area (Å²) in [5.41, 5.74) is -0.261. The summed E-state index contributed by atoms with van der Waals surface area (Å²) >= 11 is 7.08. The van der Waals surface area contributed by atoms with Crippen molar-refractivity contribution in [2.75, 3.05) is 17.4 Å². The van der Waals surface area contributed by atoms with Crippen LogP contribution in [0.25, 0.3) is 0 Å². The molecule has 0 amide bonds. The van der Waals surface area contributed by atoms with Crippen molar-refractivity contribution in [3.05, 3.63) is 99.5 Å². The van der Waals surface area contributed by atoms with Crippen LogP contribution in [0.4, 0.5) is 0 Å². The maximum absolute atomic E-state index is 14.8. The fraction of sp³-hybridized carbons (Fsp3) is 0.250.